The Hall–Kier alpha value is -5.24. The van der Waals surface area contributed by atoms with E-state index >= 15 is 4.39 Å². The van der Waals surface area contributed by atoms with Gasteiger partial charge in [-0.2, -0.15) is 5.10 Å². The topological polar surface area (TPSA) is 145 Å². The molecule has 3 fully saturated rings. The minimum atomic E-state index is -0.413. The van der Waals surface area contributed by atoms with Crippen molar-refractivity contribution in [3.8, 4) is 16.9 Å². The molecule has 3 amide bonds. The van der Waals surface area contributed by atoms with Gasteiger partial charge in [-0.15, -0.1) is 0 Å². The fourth-order valence-electron chi connectivity index (χ4n) is 7.44. The lowest BCUT2D eigenvalue weighted by atomic mass is 9.92. The number of piperazine rings is 1. The molecule has 4 aromatic rings. The SMILES string of the molecule is COc1cc(-c2cn(C)c(=O)c3[nH]ncc23)cc(F)c1CN1CCN(C(=O)CC2CCN(c3ccc(NC4CCC(=O)NC4=O)cc3)CC2)CC1. The van der Waals surface area contributed by atoms with Gasteiger partial charge in [-0.05, 0) is 67.1 Å². The molecule has 1 atom stereocenters. The van der Waals surface area contributed by atoms with E-state index in [1.165, 1.54) is 17.7 Å². The average Bonchev–Trinajstić information content (AvgIpc) is 3.63. The zero-order valence-electron chi connectivity index (χ0n) is 28.9. The molecule has 3 N–H and O–H groups in total. The van der Waals surface area contributed by atoms with Crippen molar-refractivity contribution in [2.75, 3.05) is 56.6 Å². The number of carbonyl (C=O) groups is 3. The molecule has 51 heavy (non-hydrogen) atoms. The van der Waals surface area contributed by atoms with E-state index in [1.54, 1.807) is 25.5 Å². The van der Waals surface area contributed by atoms with Gasteiger partial charge in [-0.1, -0.05) is 0 Å². The standard InChI is InChI=1S/C37H43FN8O5/c1-43-21-28(27-20-39-42-35(27)37(43)50)24-18-30(38)29(32(19-24)51-2)22-44-13-15-46(16-14-44)34(48)17-23-9-11-45(12-10-23)26-5-3-25(4-6-26)40-31-7-8-33(47)41-36(31)49/h3-6,18-21,23,31,40H,7-17,22H2,1-2H3,(H,39,42)(H,41,47,49). The third kappa shape index (κ3) is 7.32. The Morgan fingerprint density at radius 3 is 2.47 bits per heavy atom. The Morgan fingerprint density at radius 2 is 1.76 bits per heavy atom. The summed E-state index contributed by atoms with van der Waals surface area (Å²) < 4.78 is 22.8. The van der Waals surface area contributed by atoms with Crippen LogP contribution in [0.15, 0.2) is 53.6 Å². The summed E-state index contributed by atoms with van der Waals surface area (Å²) in [6.07, 6.45) is 6.46. The molecule has 0 aliphatic carbocycles. The smallest absolute Gasteiger partial charge is 0.276 e. The van der Waals surface area contributed by atoms with Crippen LogP contribution in [-0.4, -0.2) is 94.7 Å². The first-order valence-corrected chi connectivity index (χ1v) is 17.5. The van der Waals surface area contributed by atoms with E-state index in [0.717, 1.165) is 37.3 Å². The highest BCUT2D eigenvalue weighted by atomic mass is 19.1. The number of anilines is 2. The molecular weight excluding hydrogens is 655 g/mol. The van der Waals surface area contributed by atoms with Gasteiger partial charge in [-0.3, -0.25) is 34.5 Å². The maximum atomic E-state index is 15.7. The Balaban J connectivity index is 0.886. The summed E-state index contributed by atoms with van der Waals surface area (Å²) in [4.78, 5) is 55.7. The lowest BCUT2D eigenvalue weighted by Gasteiger charge is -2.37. The van der Waals surface area contributed by atoms with Gasteiger partial charge in [0.05, 0.1) is 13.3 Å². The van der Waals surface area contributed by atoms with E-state index in [4.69, 9.17) is 4.74 Å². The van der Waals surface area contributed by atoms with Crippen molar-refractivity contribution in [3.05, 3.63) is 70.5 Å². The number of pyridine rings is 1. The first-order chi connectivity index (χ1) is 24.7. The second-order valence-corrected chi connectivity index (χ2v) is 13.7. The third-order valence-electron chi connectivity index (χ3n) is 10.5. The maximum Gasteiger partial charge on any atom is 0.276 e. The second-order valence-electron chi connectivity index (χ2n) is 13.7. The summed E-state index contributed by atoms with van der Waals surface area (Å²) in [5.41, 5.74) is 3.83. The number of nitrogens with zero attached hydrogens (tertiary/aromatic N) is 5. The van der Waals surface area contributed by atoms with Gasteiger partial charge in [0.25, 0.3) is 5.56 Å². The number of ether oxygens (including phenoxy) is 1. The lowest BCUT2D eigenvalue weighted by molar-refractivity contribution is -0.135. The summed E-state index contributed by atoms with van der Waals surface area (Å²) in [6, 6.07) is 10.9. The van der Waals surface area contributed by atoms with Gasteiger partial charge >= 0.3 is 0 Å². The molecule has 268 valence electrons. The fraction of sp³-hybridized carbons (Fsp3) is 0.432. The Bertz CT molecular complexity index is 1990. The Morgan fingerprint density at radius 1 is 1.02 bits per heavy atom. The van der Waals surface area contributed by atoms with Crippen LogP contribution in [0.25, 0.3) is 22.0 Å². The van der Waals surface area contributed by atoms with E-state index in [0.29, 0.717) is 91.2 Å². The predicted molar refractivity (Wildman–Crippen MR) is 191 cm³/mol. The van der Waals surface area contributed by atoms with Gasteiger partial charge in [0.15, 0.2) is 0 Å². The van der Waals surface area contributed by atoms with E-state index < -0.39 is 6.04 Å². The number of amides is 3. The molecule has 0 saturated carbocycles. The Kier molecular flexibility index (Phi) is 9.76. The average molecular weight is 699 g/mol. The van der Waals surface area contributed by atoms with Crippen LogP contribution in [0.3, 0.4) is 0 Å². The number of aromatic nitrogens is 3. The molecule has 14 heteroatoms. The zero-order valence-corrected chi connectivity index (χ0v) is 28.9. The van der Waals surface area contributed by atoms with Crippen LogP contribution in [0, 0.1) is 11.7 Å². The summed E-state index contributed by atoms with van der Waals surface area (Å²) in [6.45, 7) is 4.56. The third-order valence-corrected chi connectivity index (χ3v) is 10.5. The monoisotopic (exact) mass is 698 g/mol. The van der Waals surface area contributed by atoms with Crippen LogP contribution < -0.4 is 25.8 Å². The summed E-state index contributed by atoms with van der Waals surface area (Å²) in [5.74, 6) is 0.0251. The molecular formula is C37H43FN8O5. The second kappa shape index (κ2) is 14.5. The first kappa shape index (κ1) is 34.2. The number of piperidine rings is 2. The van der Waals surface area contributed by atoms with Crippen LogP contribution in [0.4, 0.5) is 15.8 Å². The number of rotatable bonds is 9. The Labute approximate surface area is 294 Å². The number of H-pyrrole nitrogens is 1. The normalized spacial score (nSPS) is 19.0. The maximum absolute atomic E-state index is 15.7. The first-order valence-electron chi connectivity index (χ1n) is 17.5. The highest BCUT2D eigenvalue weighted by Crippen LogP contribution is 2.34. The van der Waals surface area contributed by atoms with E-state index in [2.05, 4.69) is 30.6 Å². The van der Waals surface area contributed by atoms with Crippen molar-refractivity contribution in [2.45, 2.75) is 44.7 Å². The number of imide groups is 1. The summed E-state index contributed by atoms with van der Waals surface area (Å²) >= 11 is 0. The van der Waals surface area contributed by atoms with Crippen molar-refractivity contribution in [3.63, 3.8) is 0 Å². The number of methoxy groups -OCH3 is 1. The van der Waals surface area contributed by atoms with Gasteiger partial charge in [0.2, 0.25) is 17.7 Å². The highest BCUT2D eigenvalue weighted by molar-refractivity contribution is 6.01. The van der Waals surface area contributed by atoms with Crippen molar-refractivity contribution in [1.29, 1.82) is 0 Å². The highest BCUT2D eigenvalue weighted by Gasteiger charge is 2.29. The number of fused-ring (bicyclic) bond motifs is 1. The number of halogens is 1. The fourth-order valence-corrected chi connectivity index (χ4v) is 7.44. The number of nitrogens with one attached hydrogen (secondary N) is 3. The zero-order chi connectivity index (χ0) is 35.6. The molecule has 13 nitrogen and oxygen atoms in total. The molecule has 3 aliphatic heterocycles. The van der Waals surface area contributed by atoms with Gasteiger partial charge < -0.3 is 24.4 Å². The molecule has 0 spiro atoms. The minimum Gasteiger partial charge on any atom is -0.496 e. The van der Waals surface area contributed by atoms with Crippen molar-refractivity contribution < 1.29 is 23.5 Å². The van der Waals surface area contributed by atoms with Gasteiger partial charge in [-0.25, -0.2) is 4.39 Å². The van der Waals surface area contributed by atoms with Crippen molar-refractivity contribution >= 4 is 40.0 Å². The largest absolute Gasteiger partial charge is 0.496 e. The molecule has 2 aromatic carbocycles. The molecule has 0 radical (unpaired) electrons. The van der Waals surface area contributed by atoms with Crippen LogP contribution in [0.1, 0.15) is 37.7 Å². The molecule has 0 bridgehead atoms. The van der Waals surface area contributed by atoms with E-state index in [9.17, 15) is 19.2 Å². The molecule has 5 heterocycles. The summed E-state index contributed by atoms with van der Waals surface area (Å²) in [5, 5.41) is 13.0. The van der Waals surface area contributed by atoms with Gasteiger partial charge in [0, 0.05) is 99.8 Å². The molecule has 7 rings (SSSR count). The van der Waals surface area contributed by atoms with Crippen LogP contribution >= 0.6 is 0 Å². The van der Waals surface area contributed by atoms with E-state index in [1.807, 2.05) is 29.2 Å². The molecule has 3 saturated heterocycles. The van der Waals surface area contributed by atoms with Crippen LogP contribution in [-0.2, 0) is 28.0 Å². The van der Waals surface area contributed by atoms with Crippen LogP contribution in [0.5, 0.6) is 5.75 Å². The van der Waals surface area contributed by atoms with Crippen LogP contribution in [0.2, 0.25) is 0 Å². The number of benzene rings is 2. The number of aryl methyl sites for hydroxylation is 1. The summed E-state index contributed by atoms with van der Waals surface area (Å²) in [7, 11) is 3.17. The molecule has 3 aliphatic rings. The number of carbonyl (C=O) groups excluding carboxylic acids is 3. The quantitative estimate of drug-likeness (QED) is 0.225. The van der Waals surface area contributed by atoms with Crippen molar-refractivity contribution in [1.82, 2.24) is 29.9 Å². The predicted octanol–water partition coefficient (Wildman–Crippen LogP) is 3.24. The number of hydrogen-bond acceptors (Lipinski definition) is 9. The number of hydrogen-bond donors (Lipinski definition) is 3. The van der Waals surface area contributed by atoms with E-state index in [-0.39, 0.29) is 29.1 Å². The number of aromatic amines is 1. The lowest BCUT2D eigenvalue weighted by Crippen LogP contribution is -2.49. The molecule has 1 unspecified atom stereocenters. The minimum absolute atomic E-state index is 0.174. The van der Waals surface area contributed by atoms with Gasteiger partial charge in [0.1, 0.15) is 23.1 Å². The molecule has 2 aromatic heterocycles. The van der Waals surface area contributed by atoms with Crippen molar-refractivity contribution in [2.24, 2.45) is 13.0 Å².